The first-order valence-corrected chi connectivity index (χ1v) is 7.25. The van der Waals surface area contributed by atoms with Crippen LogP contribution < -0.4 is 5.32 Å². The highest BCUT2D eigenvalue weighted by Gasteiger charge is 2.35. The minimum absolute atomic E-state index is 0.0554. The van der Waals surface area contributed by atoms with Crippen LogP contribution in [-0.4, -0.2) is 22.6 Å². The lowest BCUT2D eigenvalue weighted by Gasteiger charge is -2.21. The van der Waals surface area contributed by atoms with Crippen molar-refractivity contribution in [2.45, 2.75) is 24.7 Å². The first-order chi connectivity index (χ1) is 11.5. The second-order valence-corrected chi connectivity index (χ2v) is 5.32. The van der Waals surface area contributed by atoms with Gasteiger partial charge in [-0.25, -0.2) is 4.98 Å². The largest absolute Gasteiger partial charge is 0.433 e. The molecule has 2 atom stereocenters. The first-order valence-electron chi connectivity index (χ1n) is 7.25. The molecule has 0 aliphatic carbocycles. The topological polar surface area (TPSA) is 70.8 Å². The fourth-order valence-electron chi connectivity index (χ4n) is 2.60. The van der Waals surface area contributed by atoms with Gasteiger partial charge < -0.3 is 10.1 Å². The third-order valence-electron chi connectivity index (χ3n) is 3.73. The van der Waals surface area contributed by atoms with Gasteiger partial charge in [0.2, 0.25) is 0 Å². The predicted molar refractivity (Wildman–Crippen MR) is 78.9 cm³/mol. The van der Waals surface area contributed by atoms with Crippen molar-refractivity contribution < 1.29 is 17.9 Å². The van der Waals surface area contributed by atoms with Crippen molar-refractivity contribution in [3.05, 3.63) is 53.5 Å². The lowest BCUT2D eigenvalue weighted by atomic mass is 10.0. The Morgan fingerprint density at radius 3 is 2.79 bits per heavy atom. The van der Waals surface area contributed by atoms with E-state index in [4.69, 9.17) is 10.00 Å². The van der Waals surface area contributed by atoms with Crippen LogP contribution in [0, 0.1) is 11.3 Å². The minimum atomic E-state index is -4.57. The van der Waals surface area contributed by atoms with Gasteiger partial charge in [0.15, 0.2) is 0 Å². The van der Waals surface area contributed by atoms with Crippen molar-refractivity contribution in [1.29, 1.82) is 5.26 Å². The summed E-state index contributed by atoms with van der Waals surface area (Å²) in [6.45, 7) is 0.456. The lowest BCUT2D eigenvalue weighted by Crippen LogP contribution is -2.25. The van der Waals surface area contributed by atoms with Crippen molar-refractivity contribution in [2.24, 2.45) is 0 Å². The number of anilines is 1. The van der Waals surface area contributed by atoms with E-state index in [1.165, 1.54) is 0 Å². The summed E-state index contributed by atoms with van der Waals surface area (Å²) in [6.07, 6.45) is -1.07. The summed E-state index contributed by atoms with van der Waals surface area (Å²) in [4.78, 5) is 7.60. The van der Waals surface area contributed by atoms with Gasteiger partial charge in [-0.3, -0.25) is 4.98 Å². The van der Waals surface area contributed by atoms with Crippen LogP contribution in [0.4, 0.5) is 19.0 Å². The Kier molecular flexibility index (Phi) is 4.36. The molecular formula is C16H13F3N4O. The van der Waals surface area contributed by atoms with Crippen molar-refractivity contribution in [3.63, 3.8) is 0 Å². The number of alkyl halides is 3. The highest BCUT2D eigenvalue weighted by molar-refractivity contribution is 5.53. The van der Waals surface area contributed by atoms with Gasteiger partial charge in [0, 0.05) is 24.6 Å². The van der Waals surface area contributed by atoms with Gasteiger partial charge in [0.25, 0.3) is 0 Å². The number of nitriles is 1. The molecule has 0 spiro atoms. The molecule has 0 unspecified atom stereocenters. The maximum atomic E-state index is 12.9. The second-order valence-electron chi connectivity index (χ2n) is 5.32. The third kappa shape index (κ3) is 3.31. The maximum Gasteiger partial charge on any atom is 0.433 e. The molecule has 5 nitrogen and oxygen atoms in total. The highest BCUT2D eigenvalue weighted by atomic mass is 19.4. The number of rotatable bonds is 3. The molecule has 3 heterocycles. The fraction of sp³-hybridized carbons (Fsp3) is 0.312. The van der Waals surface area contributed by atoms with Crippen LogP contribution in [-0.2, 0) is 10.9 Å². The molecule has 0 saturated carbocycles. The van der Waals surface area contributed by atoms with Crippen molar-refractivity contribution in [3.8, 4) is 6.07 Å². The highest BCUT2D eigenvalue weighted by Crippen LogP contribution is 2.33. The van der Waals surface area contributed by atoms with Crippen LogP contribution in [0.25, 0.3) is 0 Å². The summed E-state index contributed by atoms with van der Waals surface area (Å²) in [7, 11) is 0. The zero-order valence-corrected chi connectivity index (χ0v) is 12.4. The van der Waals surface area contributed by atoms with E-state index in [9.17, 15) is 13.2 Å². The number of hydrogen-bond acceptors (Lipinski definition) is 5. The molecule has 0 aromatic carbocycles. The summed E-state index contributed by atoms with van der Waals surface area (Å²) in [5.74, 6) is -0.0864. The van der Waals surface area contributed by atoms with Crippen LogP contribution in [0.5, 0.6) is 0 Å². The summed E-state index contributed by atoms with van der Waals surface area (Å²) >= 11 is 0. The summed E-state index contributed by atoms with van der Waals surface area (Å²) in [6, 6.07) is 7.08. The first kappa shape index (κ1) is 16.2. The fourth-order valence-corrected chi connectivity index (χ4v) is 2.60. The second kappa shape index (κ2) is 6.45. The molecule has 2 aromatic heterocycles. The quantitative estimate of drug-likeness (QED) is 0.932. The van der Waals surface area contributed by atoms with Gasteiger partial charge in [-0.1, -0.05) is 6.07 Å². The Labute approximate surface area is 136 Å². The average Bonchev–Trinajstić information content (AvgIpc) is 3.03. The smallest absolute Gasteiger partial charge is 0.371 e. The third-order valence-corrected chi connectivity index (χ3v) is 3.73. The number of hydrogen-bond donors (Lipinski definition) is 1. The van der Waals surface area contributed by atoms with Gasteiger partial charge >= 0.3 is 6.18 Å². The average molecular weight is 334 g/mol. The van der Waals surface area contributed by atoms with E-state index in [-0.39, 0.29) is 23.5 Å². The Balaban J connectivity index is 1.88. The number of ether oxygens (including phenoxy) is 1. The molecule has 1 saturated heterocycles. The van der Waals surface area contributed by atoms with Crippen molar-refractivity contribution >= 4 is 5.82 Å². The summed E-state index contributed by atoms with van der Waals surface area (Å²) < 4.78 is 44.2. The molecule has 0 bridgehead atoms. The molecule has 1 fully saturated rings. The van der Waals surface area contributed by atoms with E-state index in [1.807, 2.05) is 12.1 Å². The Bertz CT molecular complexity index is 758. The SMILES string of the molecule is N#Cc1ccc(C(F)(F)F)nc1N[C@H]1CCO[C@@H]1c1cccnc1. The number of pyridine rings is 2. The molecular weight excluding hydrogens is 321 g/mol. The summed E-state index contributed by atoms with van der Waals surface area (Å²) in [5.41, 5.74) is -0.168. The minimum Gasteiger partial charge on any atom is -0.371 e. The standard InChI is InChI=1S/C16H13F3N4O/c17-16(18,19)13-4-3-10(8-20)15(23-13)22-12-5-7-24-14(12)11-2-1-6-21-9-11/h1-4,6,9,12,14H,5,7H2,(H,22,23)/t12-,14+/m0/s1. The van der Waals surface area contributed by atoms with Crippen LogP contribution in [0.3, 0.4) is 0 Å². The number of nitrogens with one attached hydrogen (secondary N) is 1. The van der Waals surface area contributed by atoms with Crippen molar-refractivity contribution in [2.75, 3.05) is 11.9 Å². The molecule has 1 aliphatic rings. The van der Waals surface area contributed by atoms with E-state index in [0.29, 0.717) is 13.0 Å². The molecule has 3 rings (SSSR count). The van der Waals surface area contributed by atoms with Crippen LogP contribution in [0.2, 0.25) is 0 Å². The Hall–Kier alpha value is -2.66. The van der Waals surface area contributed by atoms with Crippen LogP contribution in [0.15, 0.2) is 36.7 Å². The molecule has 1 aliphatic heterocycles. The van der Waals surface area contributed by atoms with E-state index in [1.54, 1.807) is 18.5 Å². The number of aromatic nitrogens is 2. The normalized spacial score (nSPS) is 20.6. The number of nitrogens with zero attached hydrogens (tertiary/aromatic N) is 3. The van der Waals surface area contributed by atoms with Gasteiger partial charge in [-0.05, 0) is 24.6 Å². The molecule has 24 heavy (non-hydrogen) atoms. The monoisotopic (exact) mass is 334 g/mol. The Morgan fingerprint density at radius 2 is 2.12 bits per heavy atom. The zero-order valence-electron chi connectivity index (χ0n) is 12.4. The van der Waals surface area contributed by atoms with Gasteiger partial charge in [-0.15, -0.1) is 0 Å². The molecule has 124 valence electrons. The van der Waals surface area contributed by atoms with E-state index < -0.39 is 11.9 Å². The van der Waals surface area contributed by atoms with Gasteiger partial charge in [0.05, 0.1) is 11.6 Å². The van der Waals surface area contributed by atoms with Crippen LogP contribution in [0.1, 0.15) is 29.3 Å². The molecule has 0 amide bonds. The summed E-state index contributed by atoms with van der Waals surface area (Å²) in [5, 5.41) is 12.1. The van der Waals surface area contributed by atoms with E-state index in [2.05, 4.69) is 15.3 Å². The van der Waals surface area contributed by atoms with E-state index >= 15 is 0 Å². The number of halogens is 3. The predicted octanol–water partition coefficient (Wildman–Crippen LogP) is 3.31. The molecule has 2 aromatic rings. The Morgan fingerprint density at radius 1 is 1.29 bits per heavy atom. The lowest BCUT2D eigenvalue weighted by molar-refractivity contribution is -0.141. The van der Waals surface area contributed by atoms with Gasteiger partial charge in [-0.2, -0.15) is 18.4 Å². The molecule has 8 heteroatoms. The molecule has 1 N–H and O–H groups in total. The van der Waals surface area contributed by atoms with E-state index in [0.717, 1.165) is 17.7 Å². The van der Waals surface area contributed by atoms with Crippen LogP contribution >= 0.6 is 0 Å². The zero-order chi connectivity index (χ0) is 17.2. The molecule has 0 radical (unpaired) electrons. The van der Waals surface area contributed by atoms with Gasteiger partial charge in [0.1, 0.15) is 23.7 Å². The van der Waals surface area contributed by atoms with Crippen molar-refractivity contribution in [1.82, 2.24) is 9.97 Å². The maximum absolute atomic E-state index is 12.9.